The zero-order valence-corrected chi connectivity index (χ0v) is 17.5. The van der Waals surface area contributed by atoms with Gasteiger partial charge in [-0.1, -0.05) is 6.07 Å². The number of halogens is 3. The molecule has 35 heavy (non-hydrogen) atoms. The molecule has 0 fully saturated rings. The highest BCUT2D eigenvalue weighted by Crippen LogP contribution is 2.31. The molecule has 0 aliphatic rings. The molecule has 2 aromatic carbocycles. The lowest BCUT2D eigenvalue weighted by molar-refractivity contribution is -0.137. The number of carbonyl (C=O) groups excluding carboxylic acids is 1. The number of carbonyl (C=O) groups is 1. The van der Waals surface area contributed by atoms with Crippen molar-refractivity contribution in [1.29, 1.82) is 0 Å². The maximum Gasteiger partial charge on any atom is 0.434 e. The second-order valence-electron chi connectivity index (χ2n) is 7.31. The van der Waals surface area contributed by atoms with E-state index in [-0.39, 0.29) is 11.6 Å². The summed E-state index contributed by atoms with van der Waals surface area (Å²) in [4.78, 5) is 27.9. The normalized spacial score (nSPS) is 11.5. The highest BCUT2D eigenvalue weighted by molar-refractivity contribution is 5.98. The summed E-state index contributed by atoms with van der Waals surface area (Å²) < 4.78 is 50.8. The van der Waals surface area contributed by atoms with Gasteiger partial charge in [0.15, 0.2) is 0 Å². The van der Waals surface area contributed by atoms with E-state index in [1.165, 1.54) is 35.2 Å². The van der Waals surface area contributed by atoms with E-state index in [1.807, 2.05) is 0 Å². The fourth-order valence-electron chi connectivity index (χ4n) is 3.39. The van der Waals surface area contributed by atoms with Gasteiger partial charge in [0.1, 0.15) is 17.2 Å². The summed E-state index contributed by atoms with van der Waals surface area (Å²) in [5.74, 6) is 0.163. The molecule has 0 unspecified atom stereocenters. The van der Waals surface area contributed by atoms with Crippen molar-refractivity contribution in [2.75, 3.05) is 5.32 Å². The Kier molecular flexibility index (Phi) is 5.32. The number of alkyl halides is 3. The number of hydrogen-bond donors (Lipinski definition) is 2. The number of aromatic amines is 1. The number of benzene rings is 2. The fourth-order valence-corrected chi connectivity index (χ4v) is 3.39. The van der Waals surface area contributed by atoms with Gasteiger partial charge < -0.3 is 14.5 Å². The maximum absolute atomic E-state index is 12.9. The van der Waals surface area contributed by atoms with Gasteiger partial charge in [-0.3, -0.25) is 9.55 Å². The summed E-state index contributed by atoms with van der Waals surface area (Å²) in [7, 11) is 0. The predicted octanol–water partition coefficient (Wildman–Crippen LogP) is 5.27. The van der Waals surface area contributed by atoms with Gasteiger partial charge in [-0.25, -0.2) is 14.7 Å². The van der Waals surface area contributed by atoms with Gasteiger partial charge in [0, 0.05) is 29.5 Å². The number of aromatic nitrogens is 4. The van der Waals surface area contributed by atoms with Crippen LogP contribution >= 0.6 is 0 Å². The van der Waals surface area contributed by atoms with Crippen LogP contribution in [0.15, 0.2) is 82.3 Å². The number of pyridine rings is 1. The Morgan fingerprint density at radius 1 is 1.06 bits per heavy atom. The lowest BCUT2D eigenvalue weighted by Gasteiger charge is -2.11. The third kappa shape index (κ3) is 4.62. The van der Waals surface area contributed by atoms with Gasteiger partial charge in [-0.15, -0.1) is 5.10 Å². The van der Waals surface area contributed by atoms with E-state index in [0.29, 0.717) is 28.1 Å². The molecule has 0 aliphatic heterocycles. The van der Waals surface area contributed by atoms with Crippen LogP contribution in [0.3, 0.4) is 0 Å². The first-order valence-corrected chi connectivity index (χ1v) is 10.1. The van der Waals surface area contributed by atoms with Crippen LogP contribution in [-0.4, -0.2) is 25.8 Å². The Bertz CT molecular complexity index is 1600. The molecule has 5 aromatic rings. The second-order valence-corrected chi connectivity index (χ2v) is 7.31. The van der Waals surface area contributed by atoms with Gasteiger partial charge in [0.2, 0.25) is 0 Å². The standard InChI is InChI=1S/C23H14F3N5O4/c24-23(25,26)14-2-1-3-15(11-14)28-21(32)31-9-7-13-10-16(4-5-19(13)31)34-17-6-8-27-18(12-17)20-29-30-22(33)35-20/h1-12H,(H,28,32)(H,30,33). The van der Waals surface area contributed by atoms with Crippen molar-refractivity contribution in [3.63, 3.8) is 0 Å². The quantitative estimate of drug-likeness (QED) is 0.361. The van der Waals surface area contributed by atoms with Crippen LogP contribution in [0.5, 0.6) is 11.5 Å². The minimum absolute atomic E-state index is 0.0137. The summed E-state index contributed by atoms with van der Waals surface area (Å²) in [6.07, 6.45) is -1.55. The molecule has 3 aromatic heterocycles. The molecule has 0 saturated heterocycles. The second kappa shape index (κ2) is 8.48. The van der Waals surface area contributed by atoms with Crippen molar-refractivity contribution in [3.05, 3.63) is 89.2 Å². The summed E-state index contributed by atoms with van der Waals surface area (Å²) in [6.45, 7) is 0. The number of nitrogens with one attached hydrogen (secondary N) is 2. The summed E-state index contributed by atoms with van der Waals surface area (Å²) >= 11 is 0. The maximum atomic E-state index is 12.9. The van der Waals surface area contributed by atoms with Crippen molar-refractivity contribution >= 4 is 22.6 Å². The molecule has 3 heterocycles. The molecule has 9 nitrogen and oxygen atoms in total. The molecular weight excluding hydrogens is 467 g/mol. The third-order valence-corrected chi connectivity index (χ3v) is 4.95. The molecule has 0 atom stereocenters. The first kappa shape index (κ1) is 21.9. The van der Waals surface area contributed by atoms with Crippen molar-refractivity contribution in [3.8, 4) is 23.1 Å². The van der Waals surface area contributed by atoms with Crippen molar-refractivity contribution in [1.82, 2.24) is 19.7 Å². The molecule has 2 N–H and O–H groups in total. The predicted molar refractivity (Wildman–Crippen MR) is 118 cm³/mol. The van der Waals surface area contributed by atoms with Gasteiger partial charge in [0.25, 0.3) is 5.89 Å². The summed E-state index contributed by atoms with van der Waals surface area (Å²) in [5, 5.41) is 9.01. The molecule has 0 bridgehead atoms. The van der Waals surface area contributed by atoms with Crippen LogP contribution in [0.1, 0.15) is 5.56 Å². The number of hydrogen-bond acceptors (Lipinski definition) is 6. The van der Waals surface area contributed by atoms with E-state index < -0.39 is 23.5 Å². The molecule has 5 rings (SSSR count). The van der Waals surface area contributed by atoms with Gasteiger partial charge in [-0.05, 0) is 48.5 Å². The van der Waals surface area contributed by atoms with E-state index in [0.717, 1.165) is 12.1 Å². The van der Waals surface area contributed by atoms with Crippen molar-refractivity contribution in [2.24, 2.45) is 0 Å². The molecule has 176 valence electrons. The van der Waals surface area contributed by atoms with E-state index >= 15 is 0 Å². The Hall–Kier alpha value is -4.87. The molecule has 1 amide bonds. The smallest absolute Gasteiger partial charge is 0.434 e. The average molecular weight is 481 g/mol. The number of H-pyrrole nitrogens is 1. The molecule has 12 heteroatoms. The zero-order chi connectivity index (χ0) is 24.6. The van der Waals surface area contributed by atoms with Crippen LogP contribution in [0.2, 0.25) is 0 Å². The minimum atomic E-state index is -4.52. The Labute approximate surface area is 193 Å². The van der Waals surface area contributed by atoms with Gasteiger partial charge in [-0.2, -0.15) is 13.2 Å². The van der Waals surface area contributed by atoms with Crippen LogP contribution in [0.25, 0.3) is 22.5 Å². The first-order chi connectivity index (χ1) is 16.8. The van der Waals surface area contributed by atoms with Gasteiger partial charge >= 0.3 is 18.0 Å². The van der Waals surface area contributed by atoms with Crippen LogP contribution in [0, 0.1) is 0 Å². The SMILES string of the molecule is O=C(Nc1cccc(C(F)(F)F)c1)n1ccc2cc(Oc3ccnc(-c4n[nH]c(=O)o4)c3)ccc21. The Morgan fingerprint density at radius 3 is 2.66 bits per heavy atom. The molecule has 0 spiro atoms. The minimum Gasteiger partial charge on any atom is -0.457 e. The van der Waals surface area contributed by atoms with Crippen molar-refractivity contribution < 1.29 is 27.1 Å². The fraction of sp³-hybridized carbons (Fsp3) is 0.0435. The number of nitrogens with zero attached hydrogens (tertiary/aromatic N) is 3. The van der Waals surface area contributed by atoms with Crippen molar-refractivity contribution in [2.45, 2.75) is 6.18 Å². The topological polar surface area (TPSA) is 115 Å². The number of anilines is 1. The van der Waals surface area contributed by atoms with Crippen LogP contribution < -0.4 is 15.8 Å². The molecule has 0 aliphatic carbocycles. The number of amides is 1. The van der Waals surface area contributed by atoms with Gasteiger partial charge in [0.05, 0.1) is 11.1 Å². The van der Waals surface area contributed by atoms with E-state index in [2.05, 4.69) is 20.5 Å². The zero-order valence-electron chi connectivity index (χ0n) is 17.5. The van der Waals surface area contributed by atoms with E-state index in [1.54, 1.807) is 30.3 Å². The summed E-state index contributed by atoms with van der Waals surface area (Å²) in [5.41, 5.74) is -0.0223. The molecule has 0 saturated carbocycles. The first-order valence-electron chi connectivity index (χ1n) is 10.1. The lowest BCUT2D eigenvalue weighted by atomic mass is 10.2. The highest BCUT2D eigenvalue weighted by atomic mass is 19.4. The Morgan fingerprint density at radius 2 is 1.89 bits per heavy atom. The summed E-state index contributed by atoms with van der Waals surface area (Å²) in [6, 6.07) is 13.6. The molecular formula is C23H14F3N5O4. The van der Waals surface area contributed by atoms with Crippen LogP contribution in [0.4, 0.5) is 23.7 Å². The lowest BCUT2D eigenvalue weighted by Crippen LogP contribution is -2.18. The number of fused-ring (bicyclic) bond motifs is 1. The number of ether oxygens (including phenoxy) is 1. The number of rotatable bonds is 4. The highest BCUT2D eigenvalue weighted by Gasteiger charge is 2.30. The van der Waals surface area contributed by atoms with Crippen LogP contribution in [-0.2, 0) is 6.18 Å². The third-order valence-electron chi connectivity index (χ3n) is 4.95. The monoisotopic (exact) mass is 481 g/mol. The van der Waals surface area contributed by atoms with E-state index in [9.17, 15) is 22.8 Å². The Balaban J connectivity index is 1.35. The largest absolute Gasteiger partial charge is 0.457 e. The molecule has 0 radical (unpaired) electrons. The van der Waals surface area contributed by atoms with E-state index in [4.69, 9.17) is 9.15 Å². The average Bonchev–Trinajstić information content (AvgIpc) is 3.45.